The van der Waals surface area contributed by atoms with Crippen LogP contribution in [0.5, 0.6) is 0 Å². The number of fused-ring (bicyclic) bond motifs is 1. The van der Waals surface area contributed by atoms with E-state index in [2.05, 4.69) is 63.8 Å². The van der Waals surface area contributed by atoms with Crippen LogP contribution in [0.25, 0.3) is 0 Å². The molecule has 1 saturated carbocycles. The van der Waals surface area contributed by atoms with Crippen molar-refractivity contribution in [2.45, 2.75) is 85.9 Å². The molecule has 0 aromatic heterocycles. The second-order valence-electron chi connectivity index (χ2n) is 11.0. The zero-order chi connectivity index (χ0) is 20.6. The van der Waals surface area contributed by atoms with E-state index < -0.39 is 0 Å². The lowest BCUT2D eigenvalue weighted by atomic mass is 9.75. The molecule has 29 heavy (non-hydrogen) atoms. The summed E-state index contributed by atoms with van der Waals surface area (Å²) in [4.78, 5) is 2.66. The number of benzene rings is 1. The van der Waals surface area contributed by atoms with Crippen LogP contribution >= 0.6 is 0 Å². The predicted octanol–water partition coefficient (Wildman–Crippen LogP) is 6.60. The molecule has 0 spiro atoms. The summed E-state index contributed by atoms with van der Waals surface area (Å²) >= 11 is 0. The van der Waals surface area contributed by atoms with Gasteiger partial charge >= 0.3 is 0 Å². The Morgan fingerprint density at radius 1 is 1.03 bits per heavy atom. The molecule has 1 aromatic rings. The summed E-state index contributed by atoms with van der Waals surface area (Å²) in [5.41, 5.74) is 6.62. The molecule has 1 aromatic carbocycles. The van der Waals surface area contributed by atoms with Crippen LogP contribution in [0.4, 0.5) is 0 Å². The molecule has 2 heterocycles. The first-order valence-corrected chi connectivity index (χ1v) is 12.0. The van der Waals surface area contributed by atoms with Crippen LogP contribution in [0.15, 0.2) is 35.4 Å². The van der Waals surface area contributed by atoms with Gasteiger partial charge in [0.25, 0.3) is 0 Å². The van der Waals surface area contributed by atoms with Gasteiger partial charge in [-0.25, -0.2) is 0 Å². The van der Waals surface area contributed by atoms with Crippen molar-refractivity contribution < 1.29 is 4.74 Å². The van der Waals surface area contributed by atoms with Crippen molar-refractivity contribution in [3.63, 3.8) is 0 Å². The standard InChI is InChI=1S/C27H41NO/c1-19(2)21-10-11-22(14-21)25-17-29-18-26(25)27(4,5)13-12-20(3)28-15-23-8-6-7-9-24(23)16-28/h6-9,19-22H,10-18H2,1-5H3. The molecule has 3 unspecified atom stereocenters. The summed E-state index contributed by atoms with van der Waals surface area (Å²) < 4.78 is 6.03. The van der Waals surface area contributed by atoms with E-state index in [1.54, 1.807) is 11.1 Å². The van der Waals surface area contributed by atoms with Crippen molar-refractivity contribution in [3.05, 3.63) is 46.5 Å². The Hall–Kier alpha value is -1.12. The monoisotopic (exact) mass is 395 g/mol. The smallest absolute Gasteiger partial charge is 0.0690 e. The molecule has 2 aliphatic heterocycles. The molecule has 2 heteroatoms. The first-order chi connectivity index (χ1) is 13.8. The maximum Gasteiger partial charge on any atom is 0.0690 e. The third-order valence-electron chi connectivity index (χ3n) is 8.29. The maximum atomic E-state index is 6.03. The Labute approximate surface area is 178 Å². The number of hydrogen-bond acceptors (Lipinski definition) is 2. The van der Waals surface area contributed by atoms with E-state index in [-0.39, 0.29) is 5.41 Å². The van der Waals surface area contributed by atoms with E-state index in [1.165, 1.54) is 43.2 Å². The third-order valence-corrected chi connectivity index (χ3v) is 8.29. The molecule has 0 N–H and O–H groups in total. The number of rotatable bonds is 7. The first-order valence-electron chi connectivity index (χ1n) is 12.0. The van der Waals surface area contributed by atoms with Crippen LogP contribution in [0.3, 0.4) is 0 Å². The molecular weight excluding hydrogens is 354 g/mol. The topological polar surface area (TPSA) is 12.5 Å². The zero-order valence-electron chi connectivity index (χ0n) is 19.3. The summed E-state index contributed by atoms with van der Waals surface area (Å²) in [6, 6.07) is 9.58. The molecule has 0 saturated heterocycles. The van der Waals surface area contributed by atoms with Crippen molar-refractivity contribution >= 4 is 0 Å². The second-order valence-corrected chi connectivity index (χ2v) is 11.0. The summed E-state index contributed by atoms with van der Waals surface area (Å²) in [5, 5.41) is 0. The molecule has 0 amide bonds. The minimum absolute atomic E-state index is 0.253. The van der Waals surface area contributed by atoms with Gasteiger partial charge in [-0.05, 0) is 84.5 Å². The lowest BCUT2D eigenvalue weighted by Crippen LogP contribution is -2.30. The quantitative estimate of drug-likeness (QED) is 0.482. The summed E-state index contributed by atoms with van der Waals surface area (Å²) in [6.07, 6.45) is 6.69. The highest BCUT2D eigenvalue weighted by Crippen LogP contribution is 2.46. The van der Waals surface area contributed by atoms with Gasteiger partial charge in [0.2, 0.25) is 0 Å². The number of nitrogens with zero attached hydrogens (tertiary/aromatic N) is 1. The molecule has 0 radical (unpaired) electrons. The average Bonchev–Trinajstić information content (AvgIpc) is 3.44. The largest absolute Gasteiger partial charge is 0.373 e. The van der Waals surface area contributed by atoms with E-state index in [1.807, 2.05) is 0 Å². The van der Waals surface area contributed by atoms with Gasteiger partial charge in [-0.3, -0.25) is 4.90 Å². The number of ether oxygens (including phenoxy) is 1. The van der Waals surface area contributed by atoms with Crippen LogP contribution in [0, 0.1) is 23.2 Å². The Morgan fingerprint density at radius 2 is 1.72 bits per heavy atom. The van der Waals surface area contributed by atoms with Crippen LogP contribution < -0.4 is 0 Å². The Kier molecular flexibility index (Phi) is 6.23. The second kappa shape index (κ2) is 8.55. The zero-order valence-corrected chi connectivity index (χ0v) is 19.3. The minimum atomic E-state index is 0.253. The predicted molar refractivity (Wildman–Crippen MR) is 122 cm³/mol. The molecule has 0 bridgehead atoms. The van der Waals surface area contributed by atoms with E-state index in [4.69, 9.17) is 4.74 Å². The summed E-state index contributed by atoms with van der Waals surface area (Å²) in [7, 11) is 0. The van der Waals surface area contributed by atoms with Crippen LogP contribution in [0.1, 0.15) is 77.8 Å². The molecule has 4 rings (SSSR count). The van der Waals surface area contributed by atoms with Crippen LogP contribution in [-0.2, 0) is 17.8 Å². The summed E-state index contributed by atoms with van der Waals surface area (Å²) in [5.74, 6) is 2.52. The minimum Gasteiger partial charge on any atom is -0.373 e. The van der Waals surface area contributed by atoms with Crippen molar-refractivity contribution in [2.75, 3.05) is 13.2 Å². The highest BCUT2D eigenvalue weighted by molar-refractivity contribution is 5.31. The van der Waals surface area contributed by atoms with Crippen molar-refractivity contribution in [1.82, 2.24) is 4.90 Å². The Balaban J connectivity index is 1.38. The van der Waals surface area contributed by atoms with E-state index in [9.17, 15) is 0 Å². The van der Waals surface area contributed by atoms with E-state index in [0.29, 0.717) is 6.04 Å². The van der Waals surface area contributed by atoms with Crippen molar-refractivity contribution in [2.24, 2.45) is 23.2 Å². The van der Waals surface area contributed by atoms with Crippen molar-refractivity contribution in [3.8, 4) is 0 Å². The van der Waals surface area contributed by atoms with E-state index in [0.717, 1.165) is 44.1 Å². The van der Waals surface area contributed by atoms with Gasteiger partial charge in [-0.15, -0.1) is 0 Å². The lowest BCUT2D eigenvalue weighted by molar-refractivity contribution is 0.173. The van der Waals surface area contributed by atoms with Gasteiger partial charge in [0.15, 0.2) is 0 Å². The van der Waals surface area contributed by atoms with Crippen molar-refractivity contribution in [1.29, 1.82) is 0 Å². The van der Waals surface area contributed by atoms with Gasteiger partial charge in [0.1, 0.15) is 0 Å². The van der Waals surface area contributed by atoms with Gasteiger partial charge in [0.05, 0.1) is 13.2 Å². The van der Waals surface area contributed by atoms with Gasteiger partial charge in [-0.1, -0.05) is 52.0 Å². The SMILES string of the molecule is CC(C)C1CCC(C2=C(C(C)(C)CCC(C)N3Cc4ccccc4C3)COC2)C1. The fraction of sp³-hybridized carbons (Fsp3) is 0.704. The van der Waals surface area contributed by atoms with Gasteiger partial charge in [0, 0.05) is 19.1 Å². The highest BCUT2D eigenvalue weighted by Gasteiger charge is 2.37. The Bertz CT molecular complexity index is 722. The molecule has 1 fully saturated rings. The Morgan fingerprint density at radius 3 is 2.34 bits per heavy atom. The first kappa shape index (κ1) is 21.1. The lowest BCUT2D eigenvalue weighted by Gasteiger charge is -2.32. The number of hydrogen-bond donors (Lipinski definition) is 0. The third kappa shape index (κ3) is 4.49. The summed E-state index contributed by atoms with van der Waals surface area (Å²) in [6.45, 7) is 16.2. The fourth-order valence-corrected chi connectivity index (χ4v) is 5.95. The molecular formula is C27H41NO. The highest BCUT2D eigenvalue weighted by atomic mass is 16.5. The average molecular weight is 396 g/mol. The molecule has 1 aliphatic carbocycles. The van der Waals surface area contributed by atoms with Crippen LogP contribution in [0.2, 0.25) is 0 Å². The fourth-order valence-electron chi connectivity index (χ4n) is 5.95. The normalized spacial score (nSPS) is 26.6. The van der Waals surface area contributed by atoms with Crippen LogP contribution in [-0.4, -0.2) is 24.2 Å². The van der Waals surface area contributed by atoms with Gasteiger partial charge < -0.3 is 4.74 Å². The van der Waals surface area contributed by atoms with Gasteiger partial charge in [-0.2, -0.15) is 0 Å². The molecule has 3 aliphatic rings. The maximum absolute atomic E-state index is 6.03. The van der Waals surface area contributed by atoms with E-state index >= 15 is 0 Å². The molecule has 2 nitrogen and oxygen atoms in total. The molecule has 160 valence electrons. The molecule has 3 atom stereocenters.